The van der Waals surface area contributed by atoms with Gasteiger partial charge in [-0.15, -0.1) is 4.37 Å². The number of ether oxygens (including phenoxy) is 2. The van der Waals surface area contributed by atoms with Crippen LogP contribution in [-0.2, 0) is 9.53 Å². The lowest BCUT2D eigenvalue weighted by Crippen LogP contribution is -2.49. The molecule has 1 unspecified atom stereocenters. The molecule has 6 nitrogen and oxygen atoms in total. The topological polar surface area (TPSA) is 61.3 Å². The highest BCUT2D eigenvalue weighted by Crippen LogP contribution is 2.30. The lowest BCUT2D eigenvalue weighted by atomic mass is 9.89. The fourth-order valence-electron chi connectivity index (χ4n) is 4.23. The monoisotopic (exact) mass is 422 g/mol. The van der Waals surface area contributed by atoms with Crippen molar-refractivity contribution < 1.29 is 18.8 Å². The number of aromatic nitrogens is 2. The van der Waals surface area contributed by atoms with E-state index in [1.807, 2.05) is 0 Å². The van der Waals surface area contributed by atoms with E-state index in [0.717, 1.165) is 62.9 Å². The van der Waals surface area contributed by atoms with E-state index in [1.54, 1.807) is 0 Å². The van der Waals surface area contributed by atoms with E-state index in [4.69, 9.17) is 9.47 Å². The van der Waals surface area contributed by atoms with Crippen LogP contribution in [0.4, 0.5) is 0 Å². The van der Waals surface area contributed by atoms with Crippen molar-refractivity contribution in [2.45, 2.75) is 71.1 Å². The Labute approximate surface area is 179 Å². The number of unbranched alkanes of at least 4 members (excludes halogenated alkanes) is 3. The van der Waals surface area contributed by atoms with Crippen LogP contribution in [0, 0.1) is 5.92 Å². The molecule has 162 valence electrons. The van der Waals surface area contributed by atoms with Crippen molar-refractivity contribution in [3.63, 3.8) is 0 Å². The Morgan fingerprint density at radius 3 is 2.83 bits per heavy atom. The number of likely N-dealkylation sites (N-methyl/N-ethyl adjacent to an activating group) is 1. The summed E-state index contributed by atoms with van der Waals surface area (Å²) in [4.78, 5) is 12.5. The van der Waals surface area contributed by atoms with Gasteiger partial charge in [-0.1, -0.05) is 51.5 Å². The molecule has 29 heavy (non-hydrogen) atoms. The van der Waals surface area contributed by atoms with Gasteiger partial charge in [-0.25, -0.2) is 0 Å². The minimum absolute atomic E-state index is 0.00780. The maximum Gasteiger partial charge on any atom is 0.313 e. The number of hydrogen-bond acceptors (Lipinski definition) is 6. The van der Waals surface area contributed by atoms with Crippen molar-refractivity contribution >= 4 is 23.3 Å². The van der Waals surface area contributed by atoms with Crippen molar-refractivity contribution in [2.75, 3.05) is 33.5 Å². The first-order valence-electron chi connectivity index (χ1n) is 11.3. The summed E-state index contributed by atoms with van der Waals surface area (Å²) in [5, 5.41) is 0. The van der Waals surface area contributed by atoms with Crippen molar-refractivity contribution in [1.82, 2.24) is 8.75 Å². The number of quaternary nitrogens is 1. The normalized spacial score (nSPS) is 22.9. The molecular weight excluding hydrogens is 386 g/mol. The molecule has 0 radical (unpaired) electrons. The SMILES string of the molecule is CCCCCCOc1nsnc1C1=CCC[N+](C)(COC(=O)C2CCCCC2)C1. The molecule has 0 aromatic carbocycles. The van der Waals surface area contributed by atoms with Gasteiger partial charge in [-0.05, 0) is 19.3 Å². The van der Waals surface area contributed by atoms with Gasteiger partial charge in [-0.3, -0.25) is 9.28 Å². The van der Waals surface area contributed by atoms with E-state index in [2.05, 4.69) is 28.8 Å². The largest absolute Gasteiger partial charge is 0.475 e. The van der Waals surface area contributed by atoms with Gasteiger partial charge in [0, 0.05) is 12.0 Å². The number of carbonyl (C=O) groups excluding carboxylic acids is 1. The number of hydrogen-bond donors (Lipinski definition) is 0. The fourth-order valence-corrected chi connectivity index (χ4v) is 4.76. The van der Waals surface area contributed by atoms with Crippen molar-refractivity contribution in [1.29, 1.82) is 0 Å². The zero-order valence-corrected chi connectivity index (χ0v) is 18.8. The summed E-state index contributed by atoms with van der Waals surface area (Å²) in [6.45, 7) is 5.08. The van der Waals surface area contributed by atoms with Gasteiger partial charge < -0.3 is 9.47 Å². The van der Waals surface area contributed by atoms with Crippen LogP contribution in [0.1, 0.15) is 76.8 Å². The molecule has 0 N–H and O–H groups in total. The highest BCUT2D eigenvalue weighted by molar-refractivity contribution is 6.99. The molecule has 2 aliphatic rings. The molecule has 0 bridgehead atoms. The Morgan fingerprint density at radius 1 is 1.21 bits per heavy atom. The Morgan fingerprint density at radius 2 is 2.03 bits per heavy atom. The fraction of sp³-hybridized carbons (Fsp3) is 0.773. The van der Waals surface area contributed by atoms with Crippen LogP contribution in [0.15, 0.2) is 6.08 Å². The van der Waals surface area contributed by atoms with Gasteiger partial charge in [0.05, 0.1) is 37.8 Å². The Balaban J connectivity index is 1.52. The van der Waals surface area contributed by atoms with Crippen LogP contribution in [0.5, 0.6) is 5.88 Å². The van der Waals surface area contributed by atoms with Gasteiger partial charge in [-0.2, -0.15) is 4.37 Å². The quantitative estimate of drug-likeness (QED) is 0.308. The summed E-state index contributed by atoms with van der Waals surface area (Å²) in [7, 11) is 2.16. The summed E-state index contributed by atoms with van der Waals surface area (Å²) >= 11 is 1.21. The van der Waals surface area contributed by atoms with Crippen molar-refractivity contribution in [3.05, 3.63) is 11.8 Å². The van der Waals surface area contributed by atoms with Crippen LogP contribution < -0.4 is 4.74 Å². The Hall–Kier alpha value is -1.47. The first kappa shape index (κ1) is 22.2. The number of carbonyl (C=O) groups is 1. The van der Waals surface area contributed by atoms with Gasteiger partial charge >= 0.3 is 5.97 Å². The predicted molar refractivity (Wildman–Crippen MR) is 116 cm³/mol. The van der Waals surface area contributed by atoms with Crippen molar-refractivity contribution in [3.8, 4) is 5.88 Å². The second-order valence-electron chi connectivity index (χ2n) is 8.77. The molecule has 0 saturated heterocycles. The smallest absolute Gasteiger partial charge is 0.313 e. The van der Waals surface area contributed by atoms with E-state index in [9.17, 15) is 4.79 Å². The van der Waals surface area contributed by atoms with Crippen LogP contribution >= 0.6 is 11.7 Å². The molecule has 1 saturated carbocycles. The summed E-state index contributed by atoms with van der Waals surface area (Å²) in [6, 6.07) is 0. The Kier molecular flexibility index (Phi) is 8.48. The van der Waals surface area contributed by atoms with E-state index in [-0.39, 0.29) is 11.9 Å². The highest BCUT2D eigenvalue weighted by atomic mass is 32.1. The molecule has 1 aliphatic carbocycles. The molecule has 1 atom stereocenters. The number of rotatable bonds is 10. The summed E-state index contributed by atoms with van der Waals surface area (Å²) in [5.74, 6) is 0.752. The molecule has 0 amide bonds. The molecule has 1 fully saturated rings. The van der Waals surface area contributed by atoms with Gasteiger partial charge in [0.15, 0.2) is 0 Å². The van der Waals surface area contributed by atoms with Gasteiger partial charge in [0.25, 0.3) is 5.88 Å². The van der Waals surface area contributed by atoms with E-state index >= 15 is 0 Å². The molecule has 2 heterocycles. The summed E-state index contributed by atoms with van der Waals surface area (Å²) in [6.07, 6.45) is 13.4. The minimum atomic E-state index is -0.00780. The zero-order chi connectivity index (χ0) is 20.5. The lowest BCUT2D eigenvalue weighted by molar-refractivity contribution is -0.919. The summed E-state index contributed by atoms with van der Waals surface area (Å²) < 4.78 is 21.3. The van der Waals surface area contributed by atoms with Crippen LogP contribution in [0.3, 0.4) is 0 Å². The average Bonchev–Trinajstić information content (AvgIpc) is 3.21. The number of esters is 1. The van der Waals surface area contributed by atoms with Gasteiger partial charge in [0.2, 0.25) is 6.73 Å². The third-order valence-corrected chi connectivity index (χ3v) is 6.58. The number of nitrogens with zero attached hydrogens (tertiary/aromatic N) is 3. The second-order valence-corrected chi connectivity index (χ2v) is 9.30. The lowest BCUT2D eigenvalue weighted by Gasteiger charge is -2.37. The van der Waals surface area contributed by atoms with Crippen LogP contribution in [0.25, 0.3) is 5.57 Å². The first-order chi connectivity index (χ1) is 14.1. The molecule has 1 aromatic heterocycles. The van der Waals surface area contributed by atoms with Crippen molar-refractivity contribution in [2.24, 2.45) is 5.92 Å². The van der Waals surface area contributed by atoms with Crippen LogP contribution in [0.2, 0.25) is 0 Å². The van der Waals surface area contributed by atoms with E-state index in [0.29, 0.717) is 23.7 Å². The molecule has 1 aromatic rings. The maximum atomic E-state index is 12.5. The molecule has 0 spiro atoms. The highest BCUT2D eigenvalue weighted by Gasteiger charge is 2.32. The third kappa shape index (κ3) is 6.51. The minimum Gasteiger partial charge on any atom is -0.475 e. The standard InChI is InChI=1S/C22H36N3O3S/c1-3-4-5-9-15-27-21-20(23-29-24-21)19-13-10-14-25(2,16-19)17-28-22(26)18-11-7-6-8-12-18/h13,18H,3-12,14-17H2,1-2H3/q+1. The first-order valence-corrected chi connectivity index (χ1v) is 12.0. The maximum absolute atomic E-state index is 12.5. The van der Waals surface area contributed by atoms with Gasteiger partial charge in [0.1, 0.15) is 12.2 Å². The third-order valence-electron chi connectivity index (χ3n) is 6.07. The average molecular weight is 423 g/mol. The Bertz CT molecular complexity index is 685. The zero-order valence-electron chi connectivity index (χ0n) is 18.0. The molecule has 1 aliphatic heterocycles. The molecule has 3 rings (SSSR count). The molecular formula is C22H36N3O3S+. The van der Waals surface area contributed by atoms with E-state index < -0.39 is 0 Å². The molecule has 7 heteroatoms. The predicted octanol–water partition coefficient (Wildman–Crippen LogP) is 4.81. The second kappa shape index (κ2) is 11.1. The van der Waals surface area contributed by atoms with E-state index in [1.165, 1.54) is 37.4 Å². The summed E-state index contributed by atoms with van der Waals surface area (Å²) in [5.41, 5.74) is 2.03. The van der Waals surface area contributed by atoms with Crippen LogP contribution in [-0.4, -0.2) is 52.7 Å².